The number of hydrogen-bond acceptors (Lipinski definition) is 1. The Morgan fingerprint density at radius 1 is 0.879 bits per heavy atom. The normalized spacial score (nSPS) is 13.5. The Labute approximate surface area is 187 Å². The Bertz CT molecular complexity index is 1230. The number of alkyl halides is 3. The molecular weight excluding hydrogens is 442 g/mol. The van der Waals surface area contributed by atoms with E-state index in [1.165, 1.54) is 18.2 Å². The quantitative estimate of drug-likeness (QED) is 0.352. The Morgan fingerprint density at radius 3 is 2.30 bits per heavy atom. The Morgan fingerprint density at radius 2 is 1.64 bits per heavy atom. The molecule has 4 rings (SSSR count). The topological polar surface area (TPSA) is 9.23 Å². The average molecular weight is 462 g/mol. The van der Waals surface area contributed by atoms with Gasteiger partial charge >= 0.3 is 6.36 Å². The van der Waals surface area contributed by atoms with Gasteiger partial charge in [0.2, 0.25) is 0 Å². The van der Waals surface area contributed by atoms with Crippen molar-refractivity contribution in [2.24, 2.45) is 0 Å². The number of fused-ring (bicyclic) bond motifs is 1. The van der Waals surface area contributed by atoms with Crippen molar-refractivity contribution >= 4 is 5.57 Å². The van der Waals surface area contributed by atoms with Gasteiger partial charge in [-0.15, -0.1) is 13.2 Å². The summed E-state index contributed by atoms with van der Waals surface area (Å²) >= 11 is 0. The van der Waals surface area contributed by atoms with Crippen LogP contribution in [0, 0.1) is 17.5 Å². The maximum absolute atomic E-state index is 15.3. The highest BCUT2D eigenvalue weighted by atomic mass is 19.4. The SMILES string of the molecule is CCCc1ccc(C2=CCc3c(ccc(-c4ccc(OC(F)(F)F)c(F)c4)c3F)C2)c(F)c1. The van der Waals surface area contributed by atoms with Crippen molar-refractivity contribution in [3.8, 4) is 16.9 Å². The molecule has 0 saturated carbocycles. The number of aryl methyl sites for hydroxylation is 1. The molecule has 0 saturated heterocycles. The molecule has 172 valence electrons. The van der Waals surface area contributed by atoms with Crippen LogP contribution in [0.3, 0.4) is 0 Å². The molecule has 0 bridgehead atoms. The molecule has 3 aromatic carbocycles. The molecule has 33 heavy (non-hydrogen) atoms. The summed E-state index contributed by atoms with van der Waals surface area (Å²) in [5.74, 6) is -3.12. The summed E-state index contributed by atoms with van der Waals surface area (Å²) in [5, 5.41) is 0. The Hall–Kier alpha value is -3.22. The van der Waals surface area contributed by atoms with Crippen molar-refractivity contribution < 1.29 is 31.1 Å². The van der Waals surface area contributed by atoms with Crippen molar-refractivity contribution in [1.29, 1.82) is 0 Å². The van der Waals surface area contributed by atoms with Gasteiger partial charge in [0.1, 0.15) is 11.6 Å². The third kappa shape index (κ3) is 4.92. The highest BCUT2D eigenvalue weighted by Crippen LogP contribution is 2.36. The number of rotatable bonds is 5. The summed E-state index contributed by atoms with van der Waals surface area (Å²) in [7, 11) is 0. The molecule has 0 amide bonds. The van der Waals surface area contributed by atoms with Gasteiger partial charge in [0, 0.05) is 11.1 Å². The summed E-state index contributed by atoms with van der Waals surface area (Å²) in [6.07, 6.45) is -0.996. The fourth-order valence-corrected chi connectivity index (χ4v) is 4.12. The number of ether oxygens (including phenoxy) is 1. The summed E-state index contributed by atoms with van der Waals surface area (Å²) in [6, 6.07) is 11.1. The van der Waals surface area contributed by atoms with E-state index in [1.54, 1.807) is 18.2 Å². The van der Waals surface area contributed by atoms with E-state index in [1.807, 2.05) is 13.0 Å². The summed E-state index contributed by atoms with van der Waals surface area (Å²) in [4.78, 5) is 0. The summed E-state index contributed by atoms with van der Waals surface area (Å²) in [6.45, 7) is 2.02. The number of benzene rings is 3. The molecule has 0 aliphatic heterocycles. The molecule has 1 aliphatic rings. The number of hydrogen-bond donors (Lipinski definition) is 0. The Balaban J connectivity index is 1.61. The maximum Gasteiger partial charge on any atom is 0.573 e. The van der Waals surface area contributed by atoms with E-state index in [9.17, 15) is 22.0 Å². The lowest BCUT2D eigenvalue weighted by Gasteiger charge is -2.20. The van der Waals surface area contributed by atoms with Gasteiger partial charge in [0.25, 0.3) is 0 Å². The summed E-state index contributed by atoms with van der Waals surface area (Å²) < 4.78 is 84.7. The minimum absolute atomic E-state index is 0.0677. The van der Waals surface area contributed by atoms with Crippen molar-refractivity contribution in [3.05, 3.63) is 94.3 Å². The van der Waals surface area contributed by atoms with Crippen LogP contribution in [0.4, 0.5) is 26.3 Å². The van der Waals surface area contributed by atoms with E-state index in [4.69, 9.17) is 0 Å². The van der Waals surface area contributed by atoms with Crippen LogP contribution in [0.1, 0.15) is 35.6 Å². The van der Waals surface area contributed by atoms with Crippen LogP contribution < -0.4 is 4.74 Å². The van der Waals surface area contributed by atoms with Crippen LogP contribution in [-0.2, 0) is 19.3 Å². The zero-order valence-electron chi connectivity index (χ0n) is 17.7. The van der Waals surface area contributed by atoms with E-state index >= 15 is 4.39 Å². The molecule has 0 radical (unpaired) electrons. The second-order valence-electron chi connectivity index (χ2n) is 7.93. The lowest BCUT2D eigenvalue weighted by molar-refractivity contribution is -0.275. The molecule has 7 heteroatoms. The highest BCUT2D eigenvalue weighted by Gasteiger charge is 2.32. The molecule has 0 atom stereocenters. The second-order valence-corrected chi connectivity index (χ2v) is 7.93. The van der Waals surface area contributed by atoms with Gasteiger partial charge in [-0.25, -0.2) is 13.2 Å². The molecule has 0 spiro atoms. The zero-order valence-corrected chi connectivity index (χ0v) is 17.7. The molecule has 1 nitrogen and oxygen atoms in total. The third-order valence-electron chi connectivity index (χ3n) is 5.66. The molecule has 0 unspecified atom stereocenters. The van der Waals surface area contributed by atoms with Gasteiger partial charge in [0.05, 0.1) is 0 Å². The fourth-order valence-electron chi connectivity index (χ4n) is 4.12. The third-order valence-corrected chi connectivity index (χ3v) is 5.66. The molecule has 0 aromatic heterocycles. The minimum atomic E-state index is -5.03. The maximum atomic E-state index is 15.3. The minimum Gasteiger partial charge on any atom is -0.403 e. The number of allylic oxidation sites excluding steroid dienone is 2. The van der Waals surface area contributed by atoms with Gasteiger partial charge in [0.15, 0.2) is 11.6 Å². The predicted molar refractivity (Wildman–Crippen MR) is 114 cm³/mol. The van der Waals surface area contributed by atoms with Crippen LogP contribution in [0.15, 0.2) is 54.6 Å². The first-order valence-corrected chi connectivity index (χ1v) is 10.5. The van der Waals surface area contributed by atoms with Crippen LogP contribution >= 0.6 is 0 Å². The van der Waals surface area contributed by atoms with Crippen molar-refractivity contribution in [1.82, 2.24) is 0 Å². The number of halogens is 6. The van der Waals surface area contributed by atoms with Crippen molar-refractivity contribution in [2.75, 3.05) is 0 Å². The standard InChI is InChI=1S/C26H20F6O/c1-2-3-15-4-8-19(22(27)12-15)16-5-9-20-17(13-16)6-10-21(25(20)29)18-7-11-24(23(28)14-18)33-26(30,31)32/h4-8,10-12,14H,2-3,9,13H2,1H3. The first-order chi connectivity index (χ1) is 15.7. The molecule has 0 fully saturated rings. The molecule has 3 aromatic rings. The van der Waals surface area contributed by atoms with Gasteiger partial charge in [-0.1, -0.05) is 49.8 Å². The molecule has 0 heterocycles. The molecule has 0 N–H and O–H groups in total. The largest absolute Gasteiger partial charge is 0.573 e. The lowest BCUT2D eigenvalue weighted by Crippen LogP contribution is -2.17. The second kappa shape index (κ2) is 8.96. The van der Waals surface area contributed by atoms with Crippen LogP contribution in [0.5, 0.6) is 5.75 Å². The fraction of sp³-hybridized carbons (Fsp3) is 0.231. The van der Waals surface area contributed by atoms with E-state index < -0.39 is 23.7 Å². The zero-order chi connectivity index (χ0) is 23.8. The average Bonchev–Trinajstić information content (AvgIpc) is 2.75. The highest BCUT2D eigenvalue weighted by molar-refractivity contribution is 5.74. The van der Waals surface area contributed by atoms with Crippen LogP contribution in [-0.4, -0.2) is 6.36 Å². The van der Waals surface area contributed by atoms with Crippen molar-refractivity contribution in [2.45, 2.75) is 39.0 Å². The monoisotopic (exact) mass is 462 g/mol. The first kappa shape index (κ1) is 23.0. The van der Waals surface area contributed by atoms with E-state index in [-0.39, 0.29) is 23.4 Å². The predicted octanol–water partition coefficient (Wildman–Crippen LogP) is 7.80. The van der Waals surface area contributed by atoms with E-state index in [2.05, 4.69) is 4.74 Å². The van der Waals surface area contributed by atoms with Gasteiger partial charge < -0.3 is 4.74 Å². The Kier molecular flexibility index (Phi) is 6.23. The first-order valence-electron chi connectivity index (χ1n) is 10.5. The summed E-state index contributed by atoms with van der Waals surface area (Å²) in [5.41, 5.74) is 3.40. The van der Waals surface area contributed by atoms with Gasteiger partial charge in [-0.2, -0.15) is 0 Å². The smallest absolute Gasteiger partial charge is 0.403 e. The van der Waals surface area contributed by atoms with Crippen molar-refractivity contribution in [3.63, 3.8) is 0 Å². The van der Waals surface area contributed by atoms with Gasteiger partial charge in [-0.05, 0) is 65.3 Å². The molecular formula is C26H20F6O. The van der Waals surface area contributed by atoms with Crippen LogP contribution in [0.2, 0.25) is 0 Å². The van der Waals surface area contributed by atoms with Gasteiger partial charge in [-0.3, -0.25) is 0 Å². The van der Waals surface area contributed by atoms with E-state index in [0.717, 1.165) is 36.1 Å². The van der Waals surface area contributed by atoms with Crippen LogP contribution in [0.25, 0.3) is 16.7 Å². The molecule has 1 aliphatic carbocycles. The lowest BCUT2D eigenvalue weighted by atomic mass is 9.85. The van der Waals surface area contributed by atoms with E-state index in [0.29, 0.717) is 23.1 Å².